The van der Waals surface area contributed by atoms with Gasteiger partial charge in [-0.3, -0.25) is 0 Å². The molecule has 0 saturated heterocycles. The first-order chi connectivity index (χ1) is 10.1. The molecule has 0 unspecified atom stereocenters. The fourth-order valence-corrected chi connectivity index (χ4v) is 2.67. The van der Waals surface area contributed by atoms with Crippen LogP contribution in [0.2, 0.25) is 0 Å². The van der Waals surface area contributed by atoms with Crippen LogP contribution in [0.5, 0.6) is 0 Å². The Bertz CT molecular complexity index is 839. The molecule has 0 amide bonds. The molecule has 21 heavy (non-hydrogen) atoms. The fraction of sp³-hybridized carbons (Fsp3) is 0.125. The molecule has 5 heteroatoms. The van der Waals surface area contributed by atoms with Crippen LogP contribution in [0.3, 0.4) is 0 Å². The lowest BCUT2D eigenvalue weighted by atomic mass is 10.1. The van der Waals surface area contributed by atoms with Gasteiger partial charge in [-0.1, -0.05) is 33.6 Å². The Morgan fingerprint density at radius 1 is 1.24 bits per heavy atom. The van der Waals surface area contributed by atoms with Crippen molar-refractivity contribution in [2.24, 2.45) is 0 Å². The van der Waals surface area contributed by atoms with Crippen LogP contribution in [0.25, 0.3) is 16.6 Å². The van der Waals surface area contributed by atoms with Crippen molar-refractivity contribution in [3.63, 3.8) is 0 Å². The van der Waals surface area contributed by atoms with E-state index >= 15 is 0 Å². The van der Waals surface area contributed by atoms with Crippen LogP contribution in [-0.2, 0) is 4.74 Å². The second-order valence-electron chi connectivity index (χ2n) is 4.75. The molecule has 0 aliphatic rings. The molecule has 1 aromatic heterocycles. The number of hydrogen-bond acceptors (Lipinski definition) is 3. The van der Waals surface area contributed by atoms with E-state index in [1.807, 2.05) is 49.4 Å². The SMILES string of the molecule is COC(=O)c1nn(-c2cccc(Br)c2)c2ccc(C)cc12. The summed E-state index contributed by atoms with van der Waals surface area (Å²) in [6.45, 7) is 1.98. The van der Waals surface area contributed by atoms with Gasteiger partial charge in [0, 0.05) is 9.86 Å². The smallest absolute Gasteiger partial charge is 0.359 e. The molecular weight excluding hydrogens is 332 g/mol. The molecule has 0 radical (unpaired) electrons. The number of carbonyl (C=O) groups is 1. The summed E-state index contributed by atoms with van der Waals surface area (Å²) < 4.78 is 7.54. The number of aromatic nitrogens is 2. The van der Waals surface area contributed by atoms with Crippen LogP contribution in [0.1, 0.15) is 16.1 Å². The molecular formula is C16H13BrN2O2. The largest absolute Gasteiger partial charge is 0.464 e. The van der Waals surface area contributed by atoms with Crippen molar-refractivity contribution in [2.45, 2.75) is 6.92 Å². The number of methoxy groups -OCH3 is 1. The lowest BCUT2D eigenvalue weighted by molar-refractivity contribution is 0.0595. The summed E-state index contributed by atoms with van der Waals surface area (Å²) in [4.78, 5) is 11.9. The van der Waals surface area contributed by atoms with Crippen molar-refractivity contribution in [1.29, 1.82) is 0 Å². The Morgan fingerprint density at radius 3 is 2.76 bits per heavy atom. The van der Waals surface area contributed by atoms with Crippen LogP contribution in [0.15, 0.2) is 46.9 Å². The zero-order valence-electron chi connectivity index (χ0n) is 11.6. The summed E-state index contributed by atoms with van der Waals surface area (Å²) in [5, 5.41) is 5.23. The highest BCUT2D eigenvalue weighted by molar-refractivity contribution is 9.10. The molecule has 0 atom stereocenters. The molecule has 106 valence electrons. The molecule has 4 nitrogen and oxygen atoms in total. The van der Waals surface area contributed by atoms with E-state index < -0.39 is 5.97 Å². The first kappa shape index (κ1) is 13.8. The third-order valence-electron chi connectivity index (χ3n) is 3.27. The Labute approximate surface area is 130 Å². The number of rotatable bonds is 2. The summed E-state index contributed by atoms with van der Waals surface area (Å²) >= 11 is 3.45. The molecule has 0 bridgehead atoms. The second-order valence-corrected chi connectivity index (χ2v) is 5.67. The monoisotopic (exact) mass is 344 g/mol. The van der Waals surface area contributed by atoms with Crippen molar-refractivity contribution >= 4 is 32.8 Å². The van der Waals surface area contributed by atoms with E-state index in [0.29, 0.717) is 5.69 Å². The predicted octanol–water partition coefficient (Wildman–Crippen LogP) is 3.88. The van der Waals surface area contributed by atoms with Crippen molar-refractivity contribution < 1.29 is 9.53 Å². The first-order valence-corrected chi connectivity index (χ1v) is 7.23. The molecule has 2 aromatic carbocycles. The molecule has 0 N–H and O–H groups in total. The van der Waals surface area contributed by atoms with Gasteiger partial charge in [0.2, 0.25) is 0 Å². The molecule has 3 aromatic rings. The normalized spacial score (nSPS) is 10.8. The zero-order valence-corrected chi connectivity index (χ0v) is 13.2. The third kappa shape index (κ3) is 2.45. The van der Waals surface area contributed by atoms with Crippen LogP contribution in [0, 0.1) is 6.92 Å². The number of hydrogen-bond donors (Lipinski definition) is 0. The molecule has 0 aliphatic heterocycles. The third-order valence-corrected chi connectivity index (χ3v) is 3.76. The number of esters is 1. The van der Waals surface area contributed by atoms with Gasteiger partial charge in [-0.2, -0.15) is 5.10 Å². The predicted molar refractivity (Wildman–Crippen MR) is 84.8 cm³/mol. The molecule has 0 aliphatic carbocycles. The number of carbonyl (C=O) groups excluding carboxylic acids is 1. The van der Waals surface area contributed by atoms with Crippen molar-refractivity contribution in [2.75, 3.05) is 7.11 Å². The van der Waals surface area contributed by atoms with Gasteiger partial charge in [0.25, 0.3) is 0 Å². The van der Waals surface area contributed by atoms with E-state index in [1.54, 1.807) is 4.68 Å². The van der Waals surface area contributed by atoms with Gasteiger partial charge in [-0.15, -0.1) is 0 Å². The Morgan fingerprint density at radius 2 is 2.05 bits per heavy atom. The van der Waals surface area contributed by atoms with Crippen LogP contribution < -0.4 is 0 Å². The zero-order chi connectivity index (χ0) is 15.0. The average molecular weight is 345 g/mol. The van der Waals surface area contributed by atoms with E-state index in [0.717, 1.165) is 26.6 Å². The van der Waals surface area contributed by atoms with Gasteiger partial charge in [0.05, 0.1) is 18.3 Å². The first-order valence-electron chi connectivity index (χ1n) is 6.44. The Kier molecular flexibility index (Phi) is 3.51. The van der Waals surface area contributed by atoms with Gasteiger partial charge in [-0.05, 0) is 37.3 Å². The fourth-order valence-electron chi connectivity index (χ4n) is 2.28. The maximum atomic E-state index is 11.9. The van der Waals surface area contributed by atoms with Gasteiger partial charge >= 0.3 is 5.97 Å². The maximum absolute atomic E-state index is 11.9. The lowest BCUT2D eigenvalue weighted by Gasteiger charge is -2.04. The van der Waals surface area contributed by atoms with Crippen LogP contribution in [0.4, 0.5) is 0 Å². The van der Waals surface area contributed by atoms with Crippen molar-refractivity contribution in [1.82, 2.24) is 9.78 Å². The van der Waals surface area contributed by atoms with Gasteiger partial charge in [0.1, 0.15) is 0 Å². The summed E-state index contributed by atoms with van der Waals surface area (Å²) in [7, 11) is 1.36. The summed E-state index contributed by atoms with van der Waals surface area (Å²) in [6.07, 6.45) is 0. The van der Waals surface area contributed by atoms with Gasteiger partial charge < -0.3 is 4.74 Å². The van der Waals surface area contributed by atoms with E-state index in [2.05, 4.69) is 21.0 Å². The van der Waals surface area contributed by atoms with Gasteiger partial charge in [-0.25, -0.2) is 9.48 Å². The quantitative estimate of drug-likeness (QED) is 0.662. The molecule has 0 fully saturated rings. The molecule has 0 saturated carbocycles. The Hall–Kier alpha value is -2.14. The highest BCUT2D eigenvalue weighted by Crippen LogP contribution is 2.25. The highest BCUT2D eigenvalue weighted by atomic mass is 79.9. The Balaban J connectivity index is 2.31. The minimum atomic E-state index is -0.431. The van der Waals surface area contributed by atoms with Gasteiger partial charge in [0.15, 0.2) is 5.69 Å². The number of benzene rings is 2. The summed E-state index contributed by atoms with van der Waals surface area (Å²) in [5.41, 5.74) is 3.16. The number of fused-ring (bicyclic) bond motifs is 1. The van der Waals surface area contributed by atoms with E-state index in [4.69, 9.17) is 4.74 Å². The number of aryl methyl sites for hydroxylation is 1. The summed E-state index contributed by atoms with van der Waals surface area (Å²) in [6, 6.07) is 13.7. The average Bonchev–Trinajstić information content (AvgIpc) is 2.85. The maximum Gasteiger partial charge on any atom is 0.359 e. The lowest BCUT2D eigenvalue weighted by Crippen LogP contribution is -2.04. The number of ether oxygens (including phenoxy) is 1. The number of nitrogens with zero attached hydrogens (tertiary/aromatic N) is 2. The molecule has 1 heterocycles. The highest BCUT2D eigenvalue weighted by Gasteiger charge is 2.18. The van der Waals surface area contributed by atoms with Crippen LogP contribution >= 0.6 is 15.9 Å². The van der Waals surface area contributed by atoms with E-state index in [9.17, 15) is 4.79 Å². The van der Waals surface area contributed by atoms with Crippen LogP contribution in [-0.4, -0.2) is 22.9 Å². The van der Waals surface area contributed by atoms with E-state index in [-0.39, 0.29) is 0 Å². The topological polar surface area (TPSA) is 44.1 Å². The second kappa shape index (κ2) is 5.33. The minimum absolute atomic E-state index is 0.330. The van der Waals surface area contributed by atoms with Crippen molar-refractivity contribution in [3.05, 3.63) is 58.2 Å². The van der Waals surface area contributed by atoms with Crippen molar-refractivity contribution in [3.8, 4) is 5.69 Å². The number of halogens is 1. The molecule has 3 rings (SSSR count). The minimum Gasteiger partial charge on any atom is -0.464 e. The van der Waals surface area contributed by atoms with E-state index in [1.165, 1.54) is 7.11 Å². The summed E-state index contributed by atoms with van der Waals surface area (Å²) in [5.74, 6) is -0.431. The standard InChI is InChI=1S/C16H13BrN2O2/c1-10-6-7-14-13(8-10)15(16(20)21-2)18-19(14)12-5-3-4-11(17)9-12/h3-9H,1-2H3. The molecule has 0 spiro atoms.